The summed E-state index contributed by atoms with van der Waals surface area (Å²) in [7, 11) is 7.34. The molecular weight excluding hydrogens is 689 g/mol. The molecule has 0 spiro atoms. The van der Waals surface area contributed by atoms with Gasteiger partial charge in [0.05, 0.1) is 28.4 Å². The molecule has 0 saturated carbocycles. The zero-order valence-electron chi connectivity index (χ0n) is 36.2. The highest BCUT2D eigenvalue weighted by molar-refractivity contribution is 5.55. The van der Waals surface area contributed by atoms with Gasteiger partial charge in [-0.1, -0.05) is 153 Å². The van der Waals surface area contributed by atoms with Gasteiger partial charge in [0.15, 0.2) is 0 Å². The minimum absolute atomic E-state index is 0.184. The van der Waals surface area contributed by atoms with Crippen molar-refractivity contribution in [2.45, 2.75) is 154 Å². The first-order valence-electron chi connectivity index (χ1n) is 22.2. The topological polar surface area (TPSA) is 36.9 Å². The van der Waals surface area contributed by atoms with Gasteiger partial charge in [-0.25, -0.2) is 0 Å². The zero-order valence-corrected chi connectivity index (χ0v) is 36.2. The Hall–Kier alpha value is -3.92. The van der Waals surface area contributed by atoms with Gasteiger partial charge < -0.3 is 18.9 Å². The van der Waals surface area contributed by atoms with Crippen LogP contribution in [0.4, 0.5) is 0 Å². The monoisotopic (exact) mass is 761 g/mol. The average Bonchev–Trinajstić information content (AvgIpc) is 3.23. The van der Waals surface area contributed by atoms with E-state index in [4.69, 9.17) is 18.9 Å². The molecular formula is C52H72O4. The van der Waals surface area contributed by atoms with E-state index in [1.165, 1.54) is 95.9 Å². The lowest BCUT2D eigenvalue weighted by Crippen LogP contribution is -2.12. The summed E-state index contributed by atoms with van der Waals surface area (Å²) >= 11 is 0. The Bertz CT molecular complexity index is 1530. The van der Waals surface area contributed by atoms with Crippen molar-refractivity contribution < 1.29 is 18.9 Å². The molecule has 0 saturated heterocycles. The first-order valence-corrected chi connectivity index (χ1v) is 22.2. The Morgan fingerprint density at radius 1 is 0.321 bits per heavy atom. The second-order valence-electron chi connectivity index (χ2n) is 16.2. The van der Waals surface area contributed by atoms with Crippen LogP contribution in [-0.4, -0.2) is 28.4 Å². The van der Waals surface area contributed by atoms with Crippen molar-refractivity contribution in [1.29, 1.82) is 0 Å². The molecule has 0 amide bonds. The molecule has 304 valence electrons. The molecule has 1 aliphatic rings. The predicted octanol–water partition coefficient (Wildman–Crippen LogP) is 14.9. The first kappa shape index (κ1) is 43.2. The predicted molar refractivity (Wildman–Crippen MR) is 236 cm³/mol. The number of ether oxygens (including phenoxy) is 4. The second kappa shape index (κ2) is 22.1. The number of unbranched alkanes of at least 4 members (excludes halogenated alkanes) is 8. The van der Waals surface area contributed by atoms with Crippen molar-refractivity contribution in [2.24, 2.45) is 0 Å². The van der Waals surface area contributed by atoms with E-state index in [1.807, 2.05) is 28.4 Å². The Kier molecular flexibility index (Phi) is 17.1. The van der Waals surface area contributed by atoms with Gasteiger partial charge in [0.25, 0.3) is 0 Å². The maximum absolute atomic E-state index is 6.24. The summed E-state index contributed by atoms with van der Waals surface area (Å²) in [5, 5.41) is 0. The lowest BCUT2D eigenvalue weighted by Gasteiger charge is -2.29. The molecule has 0 aliphatic heterocycles. The Morgan fingerprint density at radius 2 is 0.536 bits per heavy atom. The van der Waals surface area contributed by atoms with Crippen LogP contribution >= 0.6 is 0 Å². The van der Waals surface area contributed by atoms with E-state index in [1.54, 1.807) is 0 Å². The first-order chi connectivity index (χ1) is 27.5. The molecule has 4 aromatic carbocycles. The lowest BCUT2D eigenvalue weighted by atomic mass is 9.77. The van der Waals surface area contributed by atoms with Crippen LogP contribution < -0.4 is 18.9 Å². The maximum atomic E-state index is 6.24. The fourth-order valence-corrected chi connectivity index (χ4v) is 9.37. The van der Waals surface area contributed by atoms with E-state index in [0.717, 1.165) is 74.4 Å². The molecule has 4 atom stereocenters. The van der Waals surface area contributed by atoms with E-state index in [-0.39, 0.29) is 23.7 Å². The molecule has 56 heavy (non-hydrogen) atoms. The van der Waals surface area contributed by atoms with Crippen LogP contribution in [0.25, 0.3) is 0 Å². The van der Waals surface area contributed by atoms with Crippen molar-refractivity contribution in [2.75, 3.05) is 28.4 Å². The van der Waals surface area contributed by atoms with Crippen LogP contribution in [-0.2, 0) is 0 Å². The molecule has 0 heterocycles. The summed E-state index contributed by atoms with van der Waals surface area (Å²) in [6, 6.07) is 28.3. The van der Waals surface area contributed by atoms with Crippen LogP contribution in [0, 0.1) is 0 Å². The Labute approximate surface area is 340 Å². The number of rotatable bonds is 20. The number of hydrogen-bond acceptors (Lipinski definition) is 4. The number of methoxy groups -OCH3 is 4. The summed E-state index contributed by atoms with van der Waals surface area (Å²) in [5.41, 5.74) is 10.5. The summed E-state index contributed by atoms with van der Waals surface area (Å²) in [6.07, 6.45) is 18.5. The zero-order chi connectivity index (χ0) is 39.9. The van der Waals surface area contributed by atoms with Crippen LogP contribution in [0.5, 0.6) is 23.0 Å². The molecule has 4 heteroatoms. The SMILES string of the molecule is CCCCCC1c2ccc(OC)c(c2)C(CCCCC)c2ccc(OC)c(c2)C(CCCCC)c2ccc(OC)c(c2)C(CCCCC)c2ccc(OC)c1c2. The van der Waals surface area contributed by atoms with Gasteiger partial charge in [-0.3, -0.25) is 0 Å². The van der Waals surface area contributed by atoms with Gasteiger partial charge >= 0.3 is 0 Å². The van der Waals surface area contributed by atoms with E-state index < -0.39 is 0 Å². The third-order valence-electron chi connectivity index (χ3n) is 12.5. The third-order valence-corrected chi connectivity index (χ3v) is 12.5. The fourth-order valence-electron chi connectivity index (χ4n) is 9.37. The maximum Gasteiger partial charge on any atom is 0.122 e. The largest absolute Gasteiger partial charge is 0.496 e. The van der Waals surface area contributed by atoms with E-state index in [0.29, 0.717) is 0 Å². The normalized spacial score (nSPS) is 17.7. The van der Waals surface area contributed by atoms with Crippen molar-refractivity contribution in [3.8, 4) is 23.0 Å². The van der Waals surface area contributed by atoms with Gasteiger partial charge in [0, 0.05) is 45.9 Å². The quantitative estimate of drug-likeness (QED) is 0.0841. The number of fused-ring (bicyclic) bond motifs is 8. The van der Waals surface area contributed by atoms with E-state index >= 15 is 0 Å². The average molecular weight is 761 g/mol. The summed E-state index contributed by atoms with van der Waals surface area (Å²) in [4.78, 5) is 0. The van der Waals surface area contributed by atoms with Crippen molar-refractivity contribution in [3.63, 3.8) is 0 Å². The number of benzene rings is 4. The second-order valence-corrected chi connectivity index (χ2v) is 16.2. The molecule has 0 fully saturated rings. The summed E-state index contributed by atoms with van der Waals surface area (Å²) < 4.78 is 25.0. The molecule has 1 aliphatic carbocycles. The van der Waals surface area contributed by atoms with E-state index in [2.05, 4.69) is 100 Å². The van der Waals surface area contributed by atoms with Gasteiger partial charge in [0.1, 0.15) is 23.0 Å². The van der Waals surface area contributed by atoms with Crippen LogP contribution in [0.1, 0.15) is 199 Å². The van der Waals surface area contributed by atoms with Gasteiger partial charge in [-0.15, -0.1) is 0 Å². The third kappa shape index (κ3) is 10.3. The van der Waals surface area contributed by atoms with Crippen molar-refractivity contribution >= 4 is 0 Å². The molecule has 4 nitrogen and oxygen atoms in total. The Balaban J connectivity index is 1.88. The summed E-state index contributed by atoms with van der Waals surface area (Å²) in [6.45, 7) is 9.19. The van der Waals surface area contributed by atoms with Crippen molar-refractivity contribution in [3.05, 3.63) is 117 Å². The lowest BCUT2D eigenvalue weighted by molar-refractivity contribution is 0.401. The number of hydrogen-bond donors (Lipinski definition) is 0. The molecule has 8 bridgehead atoms. The Morgan fingerprint density at radius 3 is 0.714 bits per heavy atom. The van der Waals surface area contributed by atoms with Gasteiger partial charge in [0.2, 0.25) is 0 Å². The smallest absolute Gasteiger partial charge is 0.122 e. The van der Waals surface area contributed by atoms with Gasteiger partial charge in [-0.05, 0) is 72.2 Å². The molecule has 0 radical (unpaired) electrons. The van der Waals surface area contributed by atoms with Crippen LogP contribution in [0.15, 0.2) is 72.8 Å². The minimum Gasteiger partial charge on any atom is -0.496 e. The standard InChI is InChI=1S/C52H72O4/c1-9-13-17-21-41-37-25-29-50(54-6)46(33-37)43(23-19-15-11-3)39-27-31-52(56-8)48(35-39)44(24-20-16-12-4)40-28-32-51(55-7)47(36-40)42(22-18-14-10-2)38-26-30-49(53-5)45(41)34-38/h25-36,41-44H,9-24H2,1-8H3. The van der Waals surface area contributed by atoms with Gasteiger partial charge in [-0.2, -0.15) is 0 Å². The molecule has 4 aromatic rings. The van der Waals surface area contributed by atoms with E-state index in [9.17, 15) is 0 Å². The highest BCUT2D eigenvalue weighted by Crippen LogP contribution is 2.47. The van der Waals surface area contributed by atoms with Crippen molar-refractivity contribution in [1.82, 2.24) is 0 Å². The molecule has 4 unspecified atom stereocenters. The molecule has 5 rings (SSSR count). The van der Waals surface area contributed by atoms with Crippen LogP contribution in [0.2, 0.25) is 0 Å². The summed E-state index contributed by atoms with van der Waals surface area (Å²) in [5.74, 6) is 4.62. The minimum atomic E-state index is 0.184. The fraction of sp³-hybridized carbons (Fsp3) is 0.538. The highest BCUT2D eigenvalue weighted by Gasteiger charge is 2.29. The molecule has 0 N–H and O–H groups in total. The van der Waals surface area contributed by atoms with Crippen LogP contribution in [0.3, 0.4) is 0 Å². The molecule has 0 aromatic heterocycles. The highest BCUT2D eigenvalue weighted by atomic mass is 16.5.